The number of anilines is 1. The van der Waals surface area contributed by atoms with Gasteiger partial charge in [-0.2, -0.15) is 13.2 Å². The number of rotatable bonds is 9. The topological polar surface area (TPSA) is 67.9 Å². The van der Waals surface area contributed by atoms with Crippen LogP contribution in [0.5, 0.6) is 17.2 Å². The first kappa shape index (κ1) is 25.7. The Balaban J connectivity index is 1.74. The van der Waals surface area contributed by atoms with Gasteiger partial charge >= 0.3 is 6.18 Å². The molecular weight excluding hydrogens is 493 g/mol. The van der Waals surface area contributed by atoms with E-state index in [0.29, 0.717) is 23.9 Å². The van der Waals surface area contributed by atoms with E-state index in [1.807, 2.05) is 19.0 Å². The highest BCUT2D eigenvalue weighted by Gasteiger charge is 2.34. The van der Waals surface area contributed by atoms with Crippen molar-refractivity contribution in [2.24, 2.45) is 0 Å². The molecule has 3 rings (SSSR count). The standard InChI is InChI=1S/C23H22ClF3N2O4S/c1-29(2)13-14-32-22-15-16(7-12-20(22)24)28-34(30,31)18-10-8-17(9-11-18)33-21-6-4-3-5-19(21)23(25,26)27/h3-12,15,28H,13-14H2,1-2H3. The second-order valence-corrected chi connectivity index (χ2v) is 9.56. The van der Waals surface area contributed by atoms with Crippen LogP contribution in [0.4, 0.5) is 18.9 Å². The zero-order valence-corrected chi connectivity index (χ0v) is 19.8. The molecule has 0 heterocycles. The molecule has 0 saturated heterocycles. The summed E-state index contributed by atoms with van der Waals surface area (Å²) >= 11 is 6.12. The molecule has 34 heavy (non-hydrogen) atoms. The Bertz CT molecular complexity index is 1230. The maximum absolute atomic E-state index is 13.1. The van der Waals surface area contributed by atoms with E-state index in [0.717, 1.165) is 6.07 Å². The average Bonchev–Trinajstić information content (AvgIpc) is 2.75. The summed E-state index contributed by atoms with van der Waals surface area (Å²) in [6.45, 7) is 1.01. The molecule has 0 saturated carbocycles. The van der Waals surface area contributed by atoms with Gasteiger partial charge in [-0.05, 0) is 62.6 Å². The molecule has 0 amide bonds. The van der Waals surface area contributed by atoms with Crippen LogP contribution in [0.15, 0.2) is 71.6 Å². The monoisotopic (exact) mass is 514 g/mol. The zero-order valence-electron chi connectivity index (χ0n) is 18.3. The van der Waals surface area contributed by atoms with E-state index in [1.54, 1.807) is 0 Å². The quantitative estimate of drug-likeness (QED) is 0.385. The Hall–Kier alpha value is -2.95. The minimum atomic E-state index is -4.59. The predicted molar refractivity (Wildman–Crippen MR) is 124 cm³/mol. The lowest BCUT2D eigenvalue weighted by atomic mass is 10.2. The summed E-state index contributed by atoms with van der Waals surface area (Å²) in [6, 6.07) is 14.3. The largest absolute Gasteiger partial charge is 0.491 e. The van der Waals surface area contributed by atoms with Crippen LogP contribution in [-0.2, 0) is 16.2 Å². The van der Waals surface area contributed by atoms with Gasteiger partial charge in [0.2, 0.25) is 0 Å². The Kier molecular flexibility index (Phi) is 7.96. The van der Waals surface area contributed by atoms with Gasteiger partial charge in [-0.15, -0.1) is 0 Å². The Morgan fingerprint density at radius 2 is 1.65 bits per heavy atom. The molecule has 0 radical (unpaired) electrons. The van der Waals surface area contributed by atoms with E-state index in [-0.39, 0.29) is 22.1 Å². The molecule has 0 aliphatic heterocycles. The number of hydrogen-bond acceptors (Lipinski definition) is 5. The third-order valence-corrected chi connectivity index (χ3v) is 6.24. The van der Waals surface area contributed by atoms with Crippen molar-refractivity contribution in [3.63, 3.8) is 0 Å². The van der Waals surface area contributed by atoms with Gasteiger partial charge in [0.1, 0.15) is 23.9 Å². The van der Waals surface area contributed by atoms with Crippen molar-refractivity contribution in [2.75, 3.05) is 32.0 Å². The predicted octanol–water partition coefficient (Wildman–Crippen LogP) is 5.89. The highest BCUT2D eigenvalue weighted by atomic mass is 35.5. The number of para-hydroxylation sites is 1. The van der Waals surface area contributed by atoms with Crippen LogP contribution in [-0.4, -0.2) is 40.6 Å². The van der Waals surface area contributed by atoms with Gasteiger partial charge in [0.15, 0.2) is 0 Å². The van der Waals surface area contributed by atoms with E-state index in [2.05, 4.69) is 4.72 Å². The van der Waals surface area contributed by atoms with Gasteiger partial charge < -0.3 is 14.4 Å². The van der Waals surface area contributed by atoms with E-state index in [4.69, 9.17) is 21.1 Å². The van der Waals surface area contributed by atoms with E-state index in [9.17, 15) is 21.6 Å². The van der Waals surface area contributed by atoms with Gasteiger partial charge in [-0.1, -0.05) is 23.7 Å². The summed E-state index contributed by atoms with van der Waals surface area (Å²) in [5, 5.41) is 0.336. The first-order valence-corrected chi connectivity index (χ1v) is 11.9. The fourth-order valence-electron chi connectivity index (χ4n) is 2.83. The van der Waals surface area contributed by atoms with Crippen molar-refractivity contribution in [1.29, 1.82) is 0 Å². The van der Waals surface area contributed by atoms with Crippen molar-refractivity contribution in [3.05, 3.63) is 77.3 Å². The lowest BCUT2D eigenvalue weighted by Crippen LogP contribution is -2.19. The number of nitrogens with one attached hydrogen (secondary N) is 1. The van der Waals surface area contributed by atoms with E-state index in [1.165, 1.54) is 60.7 Å². The number of nitrogens with zero attached hydrogens (tertiary/aromatic N) is 1. The Labute approximate surface area is 200 Å². The highest BCUT2D eigenvalue weighted by molar-refractivity contribution is 7.92. The molecule has 1 N–H and O–H groups in total. The van der Waals surface area contributed by atoms with Crippen LogP contribution in [0.25, 0.3) is 0 Å². The smallest absolute Gasteiger partial charge is 0.419 e. The summed E-state index contributed by atoms with van der Waals surface area (Å²) < 4.78 is 78.4. The maximum Gasteiger partial charge on any atom is 0.419 e. The summed E-state index contributed by atoms with van der Waals surface area (Å²) in [7, 11) is -0.211. The van der Waals surface area contributed by atoms with Crippen molar-refractivity contribution in [2.45, 2.75) is 11.1 Å². The lowest BCUT2D eigenvalue weighted by molar-refractivity contribution is -0.138. The third-order valence-electron chi connectivity index (χ3n) is 4.53. The molecule has 3 aromatic carbocycles. The van der Waals surface area contributed by atoms with Crippen LogP contribution in [0.3, 0.4) is 0 Å². The molecule has 11 heteroatoms. The van der Waals surface area contributed by atoms with Crippen molar-refractivity contribution in [1.82, 2.24) is 4.90 Å². The molecule has 0 spiro atoms. The molecule has 6 nitrogen and oxygen atoms in total. The highest BCUT2D eigenvalue weighted by Crippen LogP contribution is 2.38. The molecule has 0 atom stereocenters. The summed E-state index contributed by atoms with van der Waals surface area (Å²) in [5.74, 6) is 0.00112. The number of alkyl halides is 3. The van der Waals surface area contributed by atoms with E-state index < -0.39 is 21.8 Å². The number of ether oxygens (including phenoxy) is 2. The average molecular weight is 515 g/mol. The van der Waals surface area contributed by atoms with Gasteiger partial charge in [-0.3, -0.25) is 4.72 Å². The molecule has 0 unspecified atom stereocenters. The van der Waals surface area contributed by atoms with Crippen LogP contribution in [0.2, 0.25) is 5.02 Å². The molecule has 0 bridgehead atoms. The fraction of sp³-hybridized carbons (Fsp3) is 0.217. The lowest BCUT2D eigenvalue weighted by Gasteiger charge is -2.15. The summed E-state index contributed by atoms with van der Waals surface area (Å²) in [4.78, 5) is 1.82. The van der Waals surface area contributed by atoms with Gasteiger partial charge in [0.25, 0.3) is 10.0 Å². The second kappa shape index (κ2) is 10.5. The Morgan fingerprint density at radius 3 is 2.29 bits per heavy atom. The van der Waals surface area contributed by atoms with E-state index >= 15 is 0 Å². The van der Waals surface area contributed by atoms with Crippen LogP contribution >= 0.6 is 11.6 Å². The van der Waals surface area contributed by atoms with Crippen molar-refractivity contribution >= 4 is 27.3 Å². The van der Waals surface area contributed by atoms with Gasteiger partial charge in [-0.25, -0.2) is 8.42 Å². The molecule has 3 aromatic rings. The zero-order chi connectivity index (χ0) is 24.9. The SMILES string of the molecule is CN(C)CCOc1cc(NS(=O)(=O)c2ccc(Oc3ccccc3C(F)(F)F)cc2)ccc1Cl. The molecule has 0 aromatic heterocycles. The van der Waals surface area contributed by atoms with Gasteiger partial charge in [0.05, 0.1) is 21.2 Å². The number of likely N-dealkylation sites (N-methyl/N-ethyl adjacent to an activating group) is 1. The number of sulfonamides is 1. The maximum atomic E-state index is 13.1. The molecule has 0 aliphatic rings. The minimum Gasteiger partial charge on any atom is -0.491 e. The molecular formula is C23H22ClF3N2O4S. The van der Waals surface area contributed by atoms with Gasteiger partial charge in [0, 0.05) is 12.6 Å². The second-order valence-electron chi connectivity index (χ2n) is 7.47. The van der Waals surface area contributed by atoms with Crippen molar-refractivity contribution < 1.29 is 31.1 Å². The van der Waals surface area contributed by atoms with Crippen LogP contribution in [0.1, 0.15) is 5.56 Å². The summed E-state index contributed by atoms with van der Waals surface area (Å²) in [6.07, 6.45) is -4.59. The summed E-state index contributed by atoms with van der Waals surface area (Å²) in [5.41, 5.74) is -0.691. The third kappa shape index (κ3) is 6.78. The molecule has 182 valence electrons. The van der Waals surface area contributed by atoms with Crippen molar-refractivity contribution in [3.8, 4) is 17.2 Å². The number of halogens is 4. The molecule has 0 fully saturated rings. The first-order valence-electron chi connectivity index (χ1n) is 10.00. The van der Waals surface area contributed by atoms with Crippen LogP contribution < -0.4 is 14.2 Å². The minimum absolute atomic E-state index is 0.0544. The number of benzene rings is 3. The normalized spacial score (nSPS) is 12.0. The Morgan fingerprint density at radius 1 is 0.971 bits per heavy atom. The molecule has 0 aliphatic carbocycles. The van der Waals surface area contributed by atoms with Crippen LogP contribution in [0, 0.1) is 0 Å². The number of hydrogen-bond donors (Lipinski definition) is 1. The first-order chi connectivity index (χ1) is 16.0. The fourth-order valence-corrected chi connectivity index (χ4v) is 4.05.